The van der Waals surface area contributed by atoms with Crippen LogP contribution < -0.4 is 4.74 Å². The maximum atomic E-state index is 10.7. The molecule has 0 bridgehead atoms. The molecule has 0 aliphatic heterocycles. The first-order valence-electron chi connectivity index (χ1n) is 6.61. The number of hydrogen-bond acceptors (Lipinski definition) is 3. The summed E-state index contributed by atoms with van der Waals surface area (Å²) in [6, 6.07) is 7.71. The van der Waals surface area contributed by atoms with Crippen molar-refractivity contribution in [2.75, 3.05) is 20.3 Å². The molecule has 0 aliphatic rings. The number of para-hydroxylation sites is 1. The molecule has 0 aromatic heterocycles. The topological polar surface area (TPSA) is 38.7 Å². The van der Waals surface area contributed by atoms with E-state index in [0.717, 1.165) is 24.2 Å². The van der Waals surface area contributed by atoms with Gasteiger partial charge in [0.2, 0.25) is 0 Å². The molecule has 0 saturated carbocycles. The second-order valence-corrected chi connectivity index (χ2v) is 4.47. The molecule has 1 unspecified atom stereocenters. The largest absolute Gasteiger partial charge is 0.491 e. The van der Waals surface area contributed by atoms with Crippen molar-refractivity contribution in [3.8, 4) is 5.75 Å². The van der Waals surface area contributed by atoms with Gasteiger partial charge in [0.15, 0.2) is 0 Å². The highest BCUT2D eigenvalue weighted by molar-refractivity contribution is 5.38. The number of hydrogen-bond donors (Lipinski definition) is 1. The number of ether oxygens (including phenoxy) is 2. The van der Waals surface area contributed by atoms with E-state index in [1.54, 1.807) is 7.11 Å². The van der Waals surface area contributed by atoms with Crippen LogP contribution in [0.15, 0.2) is 24.3 Å². The van der Waals surface area contributed by atoms with Gasteiger partial charge in [-0.2, -0.15) is 0 Å². The van der Waals surface area contributed by atoms with Gasteiger partial charge in [-0.1, -0.05) is 38.5 Å². The zero-order chi connectivity index (χ0) is 13.4. The summed E-state index contributed by atoms with van der Waals surface area (Å²) in [5.74, 6) is 0.757. The Labute approximate surface area is 110 Å². The predicted molar refractivity (Wildman–Crippen MR) is 72.9 cm³/mol. The van der Waals surface area contributed by atoms with Crippen molar-refractivity contribution in [1.29, 1.82) is 0 Å². The quantitative estimate of drug-likeness (QED) is 0.722. The van der Waals surface area contributed by atoms with Gasteiger partial charge in [0.05, 0.1) is 12.2 Å². The predicted octanol–water partition coefficient (Wildman–Crippen LogP) is 3.11. The molecule has 1 rings (SSSR count). The fourth-order valence-electron chi connectivity index (χ4n) is 2.13. The minimum absolute atomic E-state index is 0.499. The number of benzene rings is 1. The van der Waals surface area contributed by atoms with Crippen LogP contribution in [0.1, 0.15) is 38.7 Å². The Balaban J connectivity index is 2.91. The third-order valence-corrected chi connectivity index (χ3v) is 3.18. The van der Waals surface area contributed by atoms with Gasteiger partial charge in [0.25, 0.3) is 0 Å². The van der Waals surface area contributed by atoms with Gasteiger partial charge in [-0.3, -0.25) is 0 Å². The maximum absolute atomic E-state index is 10.7. The van der Waals surface area contributed by atoms with Gasteiger partial charge in [0, 0.05) is 12.7 Å². The first kappa shape index (κ1) is 15.0. The van der Waals surface area contributed by atoms with E-state index < -0.39 is 5.60 Å². The third-order valence-electron chi connectivity index (χ3n) is 3.18. The highest BCUT2D eigenvalue weighted by Crippen LogP contribution is 2.36. The zero-order valence-electron chi connectivity index (χ0n) is 11.6. The molecule has 18 heavy (non-hydrogen) atoms. The van der Waals surface area contributed by atoms with E-state index in [4.69, 9.17) is 9.47 Å². The lowest BCUT2D eigenvalue weighted by atomic mass is 9.86. The molecule has 1 aromatic rings. The molecule has 102 valence electrons. The van der Waals surface area contributed by atoms with Crippen LogP contribution >= 0.6 is 0 Å². The van der Waals surface area contributed by atoms with Gasteiger partial charge in [-0.15, -0.1) is 0 Å². The molecular weight excluding hydrogens is 228 g/mol. The van der Waals surface area contributed by atoms with Crippen molar-refractivity contribution >= 4 is 0 Å². The van der Waals surface area contributed by atoms with Gasteiger partial charge < -0.3 is 14.6 Å². The first-order chi connectivity index (χ1) is 8.68. The molecule has 0 aliphatic carbocycles. The second-order valence-electron chi connectivity index (χ2n) is 4.47. The van der Waals surface area contributed by atoms with Crippen molar-refractivity contribution < 1.29 is 14.6 Å². The normalized spacial score (nSPS) is 14.2. The van der Waals surface area contributed by atoms with Crippen molar-refractivity contribution in [3.05, 3.63) is 29.8 Å². The molecule has 0 heterocycles. The van der Waals surface area contributed by atoms with E-state index in [9.17, 15) is 5.11 Å². The van der Waals surface area contributed by atoms with E-state index >= 15 is 0 Å². The van der Waals surface area contributed by atoms with Crippen LogP contribution in [0.5, 0.6) is 5.75 Å². The van der Waals surface area contributed by atoms with Crippen LogP contribution in [0.4, 0.5) is 0 Å². The number of methoxy groups -OCH3 is 1. The zero-order valence-corrected chi connectivity index (χ0v) is 11.6. The fraction of sp³-hybridized carbons (Fsp3) is 0.600. The smallest absolute Gasteiger partial charge is 0.125 e. The molecule has 1 N–H and O–H groups in total. The van der Waals surface area contributed by atoms with Crippen LogP contribution in [0.25, 0.3) is 0 Å². The lowest BCUT2D eigenvalue weighted by molar-refractivity contribution is 0.0191. The summed E-state index contributed by atoms with van der Waals surface area (Å²) in [6.07, 6.45) is 2.37. The van der Waals surface area contributed by atoms with Gasteiger partial charge in [-0.05, 0) is 18.9 Å². The lowest BCUT2D eigenvalue weighted by Crippen LogP contribution is -2.25. The van der Waals surface area contributed by atoms with Gasteiger partial charge in [0.1, 0.15) is 12.4 Å². The number of rotatable bonds is 8. The standard InChI is InChI=1S/C15H24O3/c1-4-10-15(16,5-2)13-8-6-7-9-14(13)18-12-11-17-3/h6-9,16H,4-5,10-12H2,1-3H3. The van der Waals surface area contributed by atoms with Gasteiger partial charge in [-0.25, -0.2) is 0 Å². The van der Waals surface area contributed by atoms with E-state index in [1.165, 1.54) is 0 Å². The lowest BCUT2D eigenvalue weighted by Gasteiger charge is -2.29. The average molecular weight is 252 g/mol. The van der Waals surface area contributed by atoms with Crippen LogP contribution in [0.2, 0.25) is 0 Å². The maximum Gasteiger partial charge on any atom is 0.125 e. The summed E-state index contributed by atoms with van der Waals surface area (Å²) in [5.41, 5.74) is 0.0868. The Hall–Kier alpha value is -1.06. The summed E-state index contributed by atoms with van der Waals surface area (Å²) in [4.78, 5) is 0. The molecule has 0 spiro atoms. The fourth-order valence-corrected chi connectivity index (χ4v) is 2.13. The van der Waals surface area contributed by atoms with E-state index in [0.29, 0.717) is 19.6 Å². The Morgan fingerprint density at radius 1 is 1.17 bits per heavy atom. The Morgan fingerprint density at radius 2 is 1.89 bits per heavy atom. The van der Waals surface area contributed by atoms with Gasteiger partial charge >= 0.3 is 0 Å². The molecule has 0 amide bonds. The first-order valence-corrected chi connectivity index (χ1v) is 6.61. The van der Waals surface area contributed by atoms with E-state index in [2.05, 4.69) is 6.92 Å². The minimum Gasteiger partial charge on any atom is -0.491 e. The molecule has 1 aromatic carbocycles. The van der Waals surface area contributed by atoms with Crippen molar-refractivity contribution in [1.82, 2.24) is 0 Å². The molecule has 0 fully saturated rings. The van der Waals surface area contributed by atoms with Crippen LogP contribution in [0.3, 0.4) is 0 Å². The monoisotopic (exact) mass is 252 g/mol. The molecule has 3 heteroatoms. The molecule has 0 saturated heterocycles. The third kappa shape index (κ3) is 3.72. The average Bonchev–Trinajstić information content (AvgIpc) is 2.40. The van der Waals surface area contributed by atoms with Crippen LogP contribution in [0, 0.1) is 0 Å². The summed E-state index contributed by atoms with van der Waals surface area (Å²) in [5, 5.41) is 10.7. The van der Waals surface area contributed by atoms with E-state index in [-0.39, 0.29) is 0 Å². The van der Waals surface area contributed by atoms with Crippen molar-refractivity contribution in [2.45, 2.75) is 38.7 Å². The summed E-state index contributed by atoms with van der Waals surface area (Å²) in [7, 11) is 1.65. The van der Waals surface area contributed by atoms with E-state index in [1.807, 2.05) is 31.2 Å². The molecule has 1 atom stereocenters. The molecule has 3 nitrogen and oxygen atoms in total. The summed E-state index contributed by atoms with van der Waals surface area (Å²) >= 11 is 0. The Morgan fingerprint density at radius 3 is 2.50 bits per heavy atom. The van der Waals surface area contributed by atoms with Crippen molar-refractivity contribution in [2.24, 2.45) is 0 Å². The minimum atomic E-state index is -0.793. The summed E-state index contributed by atoms with van der Waals surface area (Å²) < 4.78 is 10.7. The van der Waals surface area contributed by atoms with Crippen molar-refractivity contribution in [3.63, 3.8) is 0 Å². The molecule has 0 radical (unpaired) electrons. The SMILES string of the molecule is CCCC(O)(CC)c1ccccc1OCCOC. The summed E-state index contributed by atoms with van der Waals surface area (Å²) in [6.45, 7) is 5.13. The number of aliphatic hydroxyl groups is 1. The molecular formula is C15H24O3. The van der Waals surface area contributed by atoms with Crippen LogP contribution in [-0.4, -0.2) is 25.4 Å². The highest BCUT2D eigenvalue weighted by Gasteiger charge is 2.29. The van der Waals surface area contributed by atoms with Crippen LogP contribution in [-0.2, 0) is 10.3 Å². The highest BCUT2D eigenvalue weighted by atomic mass is 16.5. The Bertz CT molecular complexity index is 351. The second kappa shape index (κ2) is 7.39. The Kier molecular flexibility index (Phi) is 6.16.